The Balaban J connectivity index is 2.04. The Labute approximate surface area is 105 Å². The molecule has 3 nitrogen and oxygen atoms in total. The molecule has 2 aromatic rings. The zero-order valence-electron chi connectivity index (χ0n) is 9.87. The fraction of sp³-hybridized carbons (Fsp3) is 0.200. The van der Waals surface area contributed by atoms with Crippen molar-refractivity contribution in [1.29, 1.82) is 0 Å². The first-order valence-electron chi connectivity index (χ1n) is 6.09. The minimum atomic E-state index is -0.243. The van der Waals surface area contributed by atoms with Crippen LogP contribution in [0.5, 0.6) is 0 Å². The molecule has 0 unspecified atom stereocenters. The van der Waals surface area contributed by atoms with Gasteiger partial charge in [-0.1, -0.05) is 42.5 Å². The summed E-state index contributed by atoms with van der Waals surface area (Å²) in [6.45, 7) is 0. The van der Waals surface area contributed by atoms with Gasteiger partial charge in [0.1, 0.15) is 0 Å². The minimum absolute atomic E-state index is 0.0513. The maximum absolute atomic E-state index is 11.0. The highest BCUT2D eigenvalue weighted by Crippen LogP contribution is 2.36. The summed E-state index contributed by atoms with van der Waals surface area (Å²) in [5, 5.41) is 13.3. The van der Waals surface area contributed by atoms with Crippen LogP contribution in [0.3, 0.4) is 0 Å². The first-order valence-corrected chi connectivity index (χ1v) is 6.09. The number of nitrogens with zero attached hydrogens (tertiary/aromatic N) is 1. The summed E-state index contributed by atoms with van der Waals surface area (Å²) in [4.78, 5) is 10.7. The third-order valence-corrected chi connectivity index (χ3v) is 3.55. The van der Waals surface area contributed by atoms with Crippen molar-refractivity contribution < 1.29 is 4.92 Å². The molecule has 0 aliphatic heterocycles. The largest absolute Gasteiger partial charge is 0.259 e. The van der Waals surface area contributed by atoms with E-state index < -0.39 is 0 Å². The highest BCUT2D eigenvalue weighted by atomic mass is 16.6. The lowest BCUT2D eigenvalue weighted by Gasteiger charge is -2.10. The van der Waals surface area contributed by atoms with Gasteiger partial charge in [0, 0.05) is 0 Å². The molecule has 0 N–H and O–H groups in total. The van der Waals surface area contributed by atoms with Gasteiger partial charge in [-0.05, 0) is 35.3 Å². The fourth-order valence-electron chi connectivity index (χ4n) is 2.65. The Morgan fingerprint density at radius 2 is 1.89 bits per heavy atom. The summed E-state index contributed by atoms with van der Waals surface area (Å²) in [6.07, 6.45) is 3.39. The molecule has 0 amide bonds. The quantitative estimate of drug-likeness (QED) is 0.589. The lowest BCUT2D eigenvalue weighted by molar-refractivity contribution is -0.429. The number of hydrogen-bond acceptors (Lipinski definition) is 2. The van der Waals surface area contributed by atoms with Crippen LogP contribution in [-0.2, 0) is 0 Å². The van der Waals surface area contributed by atoms with Gasteiger partial charge in [-0.25, -0.2) is 0 Å². The molecule has 0 aromatic heterocycles. The highest BCUT2D eigenvalue weighted by molar-refractivity contribution is 5.83. The SMILES string of the molecule is O=[N+]([O-])C1=CCC[C@H]1c1ccc2ccccc2c1. The van der Waals surface area contributed by atoms with Crippen molar-refractivity contribution in [1.82, 2.24) is 0 Å². The van der Waals surface area contributed by atoms with E-state index >= 15 is 0 Å². The molecule has 18 heavy (non-hydrogen) atoms. The number of nitro groups is 1. The molecule has 3 heteroatoms. The van der Waals surface area contributed by atoms with E-state index in [2.05, 4.69) is 12.1 Å². The van der Waals surface area contributed by atoms with Gasteiger partial charge in [-0.2, -0.15) is 0 Å². The molecule has 0 bridgehead atoms. The van der Waals surface area contributed by atoms with Crippen molar-refractivity contribution in [3.63, 3.8) is 0 Å². The first kappa shape index (κ1) is 11.0. The van der Waals surface area contributed by atoms with Gasteiger partial charge in [0.05, 0.1) is 10.8 Å². The summed E-state index contributed by atoms with van der Waals surface area (Å²) >= 11 is 0. The molecule has 0 saturated heterocycles. The molecular formula is C15H13NO2. The lowest BCUT2D eigenvalue weighted by Crippen LogP contribution is -2.06. The third-order valence-electron chi connectivity index (χ3n) is 3.55. The summed E-state index contributed by atoms with van der Waals surface area (Å²) in [5.41, 5.74) is 1.40. The Morgan fingerprint density at radius 3 is 2.67 bits per heavy atom. The number of benzene rings is 2. The normalized spacial score (nSPS) is 18.9. The predicted octanol–water partition coefficient (Wildman–Crippen LogP) is 3.88. The van der Waals surface area contributed by atoms with Gasteiger partial charge >= 0.3 is 0 Å². The van der Waals surface area contributed by atoms with Crippen molar-refractivity contribution in [3.8, 4) is 0 Å². The van der Waals surface area contributed by atoms with E-state index in [1.807, 2.05) is 30.3 Å². The van der Waals surface area contributed by atoms with Crippen LogP contribution in [0.15, 0.2) is 54.2 Å². The topological polar surface area (TPSA) is 43.1 Å². The number of hydrogen-bond donors (Lipinski definition) is 0. The van der Waals surface area contributed by atoms with Crippen molar-refractivity contribution in [2.75, 3.05) is 0 Å². The second-order valence-electron chi connectivity index (χ2n) is 4.62. The maximum atomic E-state index is 11.0. The lowest BCUT2D eigenvalue weighted by atomic mass is 9.94. The van der Waals surface area contributed by atoms with Crippen LogP contribution >= 0.6 is 0 Å². The molecule has 0 spiro atoms. The molecule has 0 heterocycles. The van der Waals surface area contributed by atoms with Gasteiger partial charge in [-0.15, -0.1) is 0 Å². The van der Waals surface area contributed by atoms with Gasteiger partial charge in [0.2, 0.25) is 5.70 Å². The van der Waals surface area contributed by atoms with Crippen LogP contribution in [0.2, 0.25) is 0 Å². The maximum Gasteiger partial charge on any atom is 0.249 e. The Kier molecular flexibility index (Phi) is 2.59. The van der Waals surface area contributed by atoms with E-state index in [1.54, 1.807) is 6.08 Å². The number of allylic oxidation sites excluding steroid dienone is 2. The van der Waals surface area contributed by atoms with Crippen molar-refractivity contribution in [2.24, 2.45) is 0 Å². The van der Waals surface area contributed by atoms with E-state index in [0.717, 1.165) is 23.8 Å². The van der Waals surface area contributed by atoms with Gasteiger partial charge in [0.25, 0.3) is 0 Å². The average molecular weight is 239 g/mol. The highest BCUT2D eigenvalue weighted by Gasteiger charge is 2.30. The van der Waals surface area contributed by atoms with Crippen LogP contribution in [-0.4, -0.2) is 4.92 Å². The second-order valence-corrected chi connectivity index (χ2v) is 4.62. The molecule has 3 rings (SSSR count). The smallest absolute Gasteiger partial charge is 0.249 e. The van der Waals surface area contributed by atoms with Crippen LogP contribution < -0.4 is 0 Å². The van der Waals surface area contributed by atoms with E-state index in [1.165, 1.54) is 5.39 Å². The molecule has 0 radical (unpaired) electrons. The van der Waals surface area contributed by atoms with Crippen LogP contribution in [0.1, 0.15) is 24.3 Å². The zero-order chi connectivity index (χ0) is 12.5. The van der Waals surface area contributed by atoms with E-state index in [0.29, 0.717) is 5.70 Å². The molecule has 1 atom stereocenters. The van der Waals surface area contributed by atoms with E-state index in [-0.39, 0.29) is 10.8 Å². The van der Waals surface area contributed by atoms with E-state index in [9.17, 15) is 10.1 Å². The van der Waals surface area contributed by atoms with Crippen LogP contribution in [0.4, 0.5) is 0 Å². The first-order chi connectivity index (χ1) is 8.75. The van der Waals surface area contributed by atoms with Gasteiger partial charge in [0.15, 0.2) is 0 Å². The fourth-order valence-corrected chi connectivity index (χ4v) is 2.65. The molecule has 1 aliphatic carbocycles. The molecule has 1 aliphatic rings. The third kappa shape index (κ3) is 1.78. The minimum Gasteiger partial charge on any atom is -0.259 e. The van der Waals surface area contributed by atoms with Crippen molar-refractivity contribution in [2.45, 2.75) is 18.8 Å². The van der Waals surface area contributed by atoms with E-state index in [4.69, 9.17) is 0 Å². The average Bonchev–Trinajstić information content (AvgIpc) is 2.87. The summed E-state index contributed by atoms with van der Waals surface area (Å²) in [5.74, 6) is -0.0513. The van der Waals surface area contributed by atoms with Crippen molar-refractivity contribution in [3.05, 3.63) is 69.9 Å². The molecule has 0 saturated carbocycles. The summed E-state index contributed by atoms with van der Waals surface area (Å²) < 4.78 is 0. The Bertz CT molecular complexity index is 646. The standard InChI is InChI=1S/C15H13NO2/c17-16(18)15-7-3-6-14(15)13-9-8-11-4-1-2-5-12(11)10-13/h1-2,4-5,7-10,14H,3,6H2/t14-/m0/s1. The van der Waals surface area contributed by atoms with Gasteiger partial charge < -0.3 is 0 Å². The van der Waals surface area contributed by atoms with Crippen LogP contribution in [0, 0.1) is 10.1 Å². The predicted molar refractivity (Wildman–Crippen MR) is 71.0 cm³/mol. The van der Waals surface area contributed by atoms with Crippen LogP contribution in [0.25, 0.3) is 10.8 Å². The molecule has 2 aromatic carbocycles. The second kappa shape index (κ2) is 4.26. The Hall–Kier alpha value is -2.16. The number of fused-ring (bicyclic) bond motifs is 1. The molecule has 0 fully saturated rings. The summed E-state index contributed by atoms with van der Waals surface area (Å²) in [7, 11) is 0. The summed E-state index contributed by atoms with van der Waals surface area (Å²) in [6, 6.07) is 14.2. The number of rotatable bonds is 2. The van der Waals surface area contributed by atoms with Crippen molar-refractivity contribution >= 4 is 10.8 Å². The molecular weight excluding hydrogens is 226 g/mol. The monoisotopic (exact) mass is 239 g/mol. The Morgan fingerprint density at radius 1 is 1.11 bits per heavy atom. The zero-order valence-corrected chi connectivity index (χ0v) is 9.87. The molecule has 90 valence electrons. The van der Waals surface area contributed by atoms with Gasteiger partial charge in [-0.3, -0.25) is 10.1 Å².